The highest BCUT2D eigenvalue weighted by molar-refractivity contribution is 5.97. The second kappa shape index (κ2) is 5.93. The summed E-state index contributed by atoms with van der Waals surface area (Å²) in [6.07, 6.45) is 0. The zero-order valence-electron chi connectivity index (χ0n) is 12.3. The molecular formula is C18H17NO3. The van der Waals surface area contributed by atoms with Gasteiger partial charge in [-0.15, -0.1) is 0 Å². The maximum atomic E-state index is 11.6. The summed E-state index contributed by atoms with van der Waals surface area (Å²) in [6.45, 7) is 2.98. The molecule has 4 heteroatoms. The molecule has 0 aliphatic carbocycles. The smallest absolute Gasteiger partial charge is 0.352 e. The molecule has 0 saturated carbocycles. The van der Waals surface area contributed by atoms with E-state index >= 15 is 0 Å². The standard InChI is InChI=1S/C18H17NO3/c1-2-22-17-10-6-9-15-14(17)11-16(18(20)21)19(15)12-13-7-4-3-5-8-13/h3-11H,2,12H2,1H3,(H,20,21). The van der Waals surface area contributed by atoms with Crippen LogP contribution in [0.15, 0.2) is 54.6 Å². The SMILES string of the molecule is CCOc1cccc2c1cc(C(=O)O)n2Cc1ccccc1. The minimum atomic E-state index is -0.936. The van der Waals surface area contributed by atoms with Crippen LogP contribution in [0.3, 0.4) is 0 Å². The van der Waals surface area contributed by atoms with Crippen molar-refractivity contribution < 1.29 is 14.6 Å². The molecule has 22 heavy (non-hydrogen) atoms. The third-order valence-electron chi connectivity index (χ3n) is 3.61. The van der Waals surface area contributed by atoms with Crippen LogP contribution in [0.1, 0.15) is 23.0 Å². The Morgan fingerprint density at radius 3 is 2.59 bits per heavy atom. The number of hydrogen-bond acceptors (Lipinski definition) is 2. The van der Waals surface area contributed by atoms with Crippen LogP contribution in [0, 0.1) is 0 Å². The summed E-state index contributed by atoms with van der Waals surface area (Å²) in [7, 11) is 0. The number of hydrogen-bond donors (Lipinski definition) is 1. The zero-order valence-corrected chi connectivity index (χ0v) is 12.3. The first-order valence-electron chi connectivity index (χ1n) is 7.23. The lowest BCUT2D eigenvalue weighted by atomic mass is 10.2. The molecule has 0 bridgehead atoms. The lowest BCUT2D eigenvalue weighted by Crippen LogP contribution is -2.09. The number of fused-ring (bicyclic) bond motifs is 1. The Kier molecular flexibility index (Phi) is 3.83. The van der Waals surface area contributed by atoms with Crippen LogP contribution < -0.4 is 4.74 Å². The maximum Gasteiger partial charge on any atom is 0.352 e. The van der Waals surface area contributed by atoms with Crippen molar-refractivity contribution >= 4 is 16.9 Å². The summed E-state index contributed by atoms with van der Waals surface area (Å²) in [5, 5.41) is 10.3. The Bertz CT molecular complexity index is 806. The number of nitrogens with zero attached hydrogens (tertiary/aromatic N) is 1. The highest BCUT2D eigenvalue weighted by atomic mass is 16.5. The van der Waals surface area contributed by atoms with Crippen molar-refractivity contribution in [2.45, 2.75) is 13.5 Å². The van der Waals surface area contributed by atoms with Gasteiger partial charge in [-0.1, -0.05) is 36.4 Å². The Morgan fingerprint density at radius 1 is 1.14 bits per heavy atom. The molecule has 0 spiro atoms. The molecule has 1 N–H and O–H groups in total. The highest BCUT2D eigenvalue weighted by Gasteiger charge is 2.17. The maximum absolute atomic E-state index is 11.6. The van der Waals surface area contributed by atoms with E-state index in [1.807, 2.05) is 60.0 Å². The Morgan fingerprint density at radius 2 is 1.91 bits per heavy atom. The fraction of sp³-hybridized carbons (Fsp3) is 0.167. The van der Waals surface area contributed by atoms with Crippen LogP contribution in [-0.2, 0) is 6.54 Å². The van der Waals surface area contributed by atoms with Gasteiger partial charge in [-0.3, -0.25) is 0 Å². The van der Waals surface area contributed by atoms with Gasteiger partial charge in [-0.25, -0.2) is 4.79 Å². The van der Waals surface area contributed by atoms with Crippen molar-refractivity contribution in [3.63, 3.8) is 0 Å². The summed E-state index contributed by atoms with van der Waals surface area (Å²) in [5.41, 5.74) is 2.20. The molecule has 0 fully saturated rings. The van der Waals surface area contributed by atoms with E-state index in [0.29, 0.717) is 18.9 Å². The number of carboxylic acid groups (broad SMARTS) is 1. The Balaban J connectivity index is 2.16. The molecule has 0 aliphatic heterocycles. The van der Waals surface area contributed by atoms with E-state index in [0.717, 1.165) is 16.5 Å². The van der Waals surface area contributed by atoms with Gasteiger partial charge in [-0.05, 0) is 30.7 Å². The van der Waals surface area contributed by atoms with Crippen LogP contribution >= 0.6 is 0 Å². The summed E-state index contributed by atoms with van der Waals surface area (Å²) in [5.74, 6) is -0.219. The predicted octanol–water partition coefficient (Wildman–Crippen LogP) is 3.79. The second-order valence-electron chi connectivity index (χ2n) is 5.03. The molecule has 2 aromatic carbocycles. The van der Waals surface area contributed by atoms with E-state index in [1.165, 1.54) is 0 Å². The van der Waals surface area contributed by atoms with Gasteiger partial charge in [0.05, 0.1) is 12.1 Å². The number of aromatic nitrogens is 1. The third-order valence-corrected chi connectivity index (χ3v) is 3.61. The number of benzene rings is 2. The molecule has 3 rings (SSSR count). The average Bonchev–Trinajstić information content (AvgIpc) is 2.89. The van der Waals surface area contributed by atoms with Gasteiger partial charge in [0, 0.05) is 11.9 Å². The molecule has 0 saturated heterocycles. The first-order chi connectivity index (χ1) is 10.7. The minimum Gasteiger partial charge on any atom is -0.493 e. The van der Waals surface area contributed by atoms with Gasteiger partial charge >= 0.3 is 5.97 Å². The van der Waals surface area contributed by atoms with Crippen LogP contribution in [0.25, 0.3) is 10.9 Å². The molecule has 4 nitrogen and oxygen atoms in total. The number of carbonyl (C=O) groups is 1. The van der Waals surface area contributed by atoms with Gasteiger partial charge in [0.1, 0.15) is 11.4 Å². The normalized spacial score (nSPS) is 10.8. The van der Waals surface area contributed by atoms with Crippen LogP contribution in [0.2, 0.25) is 0 Å². The van der Waals surface area contributed by atoms with Gasteiger partial charge in [0.15, 0.2) is 0 Å². The fourth-order valence-corrected chi connectivity index (χ4v) is 2.65. The fourth-order valence-electron chi connectivity index (χ4n) is 2.65. The highest BCUT2D eigenvalue weighted by Crippen LogP contribution is 2.29. The quantitative estimate of drug-likeness (QED) is 0.779. The first-order valence-corrected chi connectivity index (χ1v) is 7.23. The van der Waals surface area contributed by atoms with Crippen molar-refractivity contribution in [2.24, 2.45) is 0 Å². The number of rotatable bonds is 5. The molecule has 0 atom stereocenters. The summed E-state index contributed by atoms with van der Waals surface area (Å²) in [4.78, 5) is 11.6. The average molecular weight is 295 g/mol. The van der Waals surface area contributed by atoms with E-state index in [-0.39, 0.29) is 5.69 Å². The Labute approximate surface area is 128 Å². The molecule has 112 valence electrons. The van der Waals surface area contributed by atoms with E-state index in [1.54, 1.807) is 6.07 Å². The van der Waals surface area contributed by atoms with Crippen LogP contribution in [-0.4, -0.2) is 22.2 Å². The Hall–Kier alpha value is -2.75. The van der Waals surface area contributed by atoms with Crippen molar-refractivity contribution in [3.05, 3.63) is 65.9 Å². The predicted molar refractivity (Wildman–Crippen MR) is 85.6 cm³/mol. The molecular weight excluding hydrogens is 278 g/mol. The minimum absolute atomic E-state index is 0.269. The van der Waals surface area contributed by atoms with Crippen molar-refractivity contribution in [3.8, 4) is 5.75 Å². The zero-order chi connectivity index (χ0) is 15.5. The number of carboxylic acids is 1. The molecule has 3 aromatic rings. The number of aromatic carboxylic acids is 1. The topological polar surface area (TPSA) is 51.5 Å². The van der Waals surface area contributed by atoms with E-state index in [2.05, 4.69) is 0 Å². The van der Waals surface area contributed by atoms with E-state index < -0.39 is 5.97 Å². The van der Waals surface area contributed by atoms with Crippen molar-refractivity contribution in [2.75, 3.05) is 6.61 Å². The van der Waals surface area contributed by atoms with E-state index in [4.69, 9.17) is 4.74 Å². The van der Waals surface area contributed by atoms with Gasteiger partial charge in [0.25, 0.3) is 0 Å². The monoisotopic (exact) mass is 295 g/mol. The molecule has 1 heterocycles. The van der Waals surface area contributed by atoms with Crippen molar-refractivity contribution in [1.29, 1.82) is 0 Å². The molecule has 0 aliphatic rings. The largest absolute Gasteiger partial charge is 0.493 e. The lowest BCUT2D eigenvalue weighted by molar-refractivity contribution is 0.0686. The van der Waals surface area contributed by atoms with Gasteiger partial charge < -0.3 is 14.4 Å². The number of ether oxygens (including phenoxy) is 1. The lowest BCUT2D eigenvalue weighted by Gasteiger charge is -2.09. The second-order valence-corrected chi connectivity index (χ2v) is 5.03. The summed E-state index contributed by atoms with van der Waals surface area (Å²) >= 11 is 0. The van der Waals surface area contributed by atoms with Gasteiger partial charge in [0.2, 0.25) is 0 Å². The van der Waals surface area contributed by atoms with E-state index in [9.17, 15) is 9.90 Å². The third kappa shape index (κ3) is 2.55. The molecule has 0 amide bonds. The first kappa shape index (κ1) is 14.2. The summed E-state index contributed by atoms with van der Waals surface area (Å²) in [6, 6.07) is 17.2. The molecule has 0 radical (unpaired) electrons. The van der Waals surface area contributed by atoms with Crippen LogP contribution in [0.4, 0.5) is 0 Å². The van der Waals surface area contributed by atoms with Crippen molar-refractivity contribution in [1.82, 2.24) is 4.57 Å². The molecule has 0 unspecified atom stereocenters. The van der Waals surface area contributed by atoms with Gasteiger partial charge in [-0.2, -0.15) is 0 Å². The summed E-state index contributed by atoms with van der Waals surface area (Å²) < 4.78 is 7.43. The van der Waals surface area contributed by atoms with Crippen LogP contribution in [0.5, 0.6) is 5.75 Å². The molecule has 1 aromatic heterocycles.